The van der Waals surface area contributed by atoms with Crippen molar-refractivity contribution in [2.24, 2.45) is 5.92 Å². The van der Waals surface area contributed by atoms with Crippen molar-refractivity contribution < 1.29 is 4.43 Å². The maximum Gasteiger partial charge on any atom is 0.204 e. The van der Waals surface area contributed by atoms with E-state index in [1.54, 1.807) is 0 Å². The summed E-state index contributed by atoms with van der Waals surface area (Å²) in [6, 6.07) is 0. The molecule has 65 valence electrons. The zero-order valence-corrected chi connectivity index (χ0v) is 8.73. The van der Waals surface area contributed by atoms with E-state index in [0.29, 0.717) is 0 Å². The van der Waals surface area contributed by atoms with E-state index in [-0.39, 0.29) is 0 Å². The van der Waals surface area contributed by atoms with Crippen molar-refractivity contribution in [3.05, 3.63) is 0 Å². The van der Waals surface area contributed by atoms with Gasteiger partial charge in [0.05, 0.1) is 0 Å². The molecule has 2 heteroatoms. The Balaban J connectivity index is 2.05. The molecular formula is C9H19OSi. The second-order valence-electron chi connectivity index (χ2n) is 3.72. The van der Waals surface area contributed by atoms with Gasteiger partial charge in [0.2, 0.25) is 9.04 Å². The molecule has 0 amide bonds. The summed E-state index contributed by atoms with van der Waals surface area (Å²) in [5.41, 5.74) is 0. The van der Waals surface area contributed by atoms with Gasteiger partial charge in [-0.15, -0.1) is 0 Å². The minimum absolute atomic E-state index is 0.433. The topological polar surface area (TPSA) is 9.23 Å². The average Bonchev–Trinajstić information content (AvgIpc) is 2.03. The second kappa shape index (κ2) is 4.94. The van der Waals surface area contributed by atoms with Crippen LogP contribution < -0.4 is 0 Å². The zero-order chi connectivity index (χ0) is 8.10. The molecule has 1 saturated carbocycles. The van der Waals surface area contributed by atoms with Crippen LogP contribution in [-0.4, -0.2) is 15.6 Å². The number of rotatable bonds is 3. The molecule has 0 atom stereocenters. The van der Waals surface area contributed by atoms with E-state index < -0.39 is 9.04 Å². The molecule has 0 saturated heterocycles. The Morgan fingerprint density at radius 3 is 2.36 bits per heavy atom. The average molecular weight is 171 g/mol. The van der Waals surface area contributed by atoms with Crippen LogP contribution in [0.4, 0.5) is 0 Å². The van der Waals surface area contributed by atoms with Gasteiger partial charge in [0.15, 0.2) is 0 Å². The fourth-order valence-electron chi connectivity index (χ4n) is 1.64. The molecule has 1 nitrogen and oxygen atoms in total. The SMILES string of the molecule is C[Si](C)OCC1CCCCC1. The van der Waals surface area contributed by atoms with Crippen LogP contribution in [0.1, 0.15) is 32.1 Å². The lowest BCUT2D eigenvalue weighted by molar-refractivity contribution is 0.211. The van der Waals surface area contributed by atoms with E-state index in [1.165, 1.54) is 32.1 Å². The molecule has 1 fully saturated rings. The molecule has 1 aliphatic rings. The molecule has 0 heterocycles. The highest BCUT2D eigenvalue weighted by molar-refractivity contribution is 6.48. The minimum Gasteiger partial charge on any atom is -0.417 e. The van der Waals surface area contributed by atoms with Crippen LogP contribution >= 0.6 is 0 Å². The molecule has 0 bridgehead atoms. The van der Waals surface area contributed by atoms with Crippen molar-refractivity contribution in [1.82, 2.24) is 0 Å². The summed E-state index contributed by atoms with van der Waals surface area (Å²) >= 11 is 0. The first-order chi connectivity index (χ1) is 5.29. The van der Waals surface area contributed by atoms with Crippen LogP contribution in [0.3, 0.4) is 0 Å². The van der Waals surface area contributed by atoms with Crippen molar-refractivity contribution >= 4 is 9.04 Å². The van der Waals surface area contributed by atoms with Gasteiger partial charge >= 0.3 is 0 Å². The maximum atomic E-state index is 5.68. The van der Waals surface area contributed by atoms with Crippen molar-refractivity contribution in [1.29, 1.82) is 0 Å². The Kier molecular flexibility index (Phi) is 4.16. The molecule has 0 aromatic rings. The molecule has 1 rings (SSSR count). The number of hydrogen-bond acceptors (Lipinski definition) is 1. The van der Waals surface area contributed by atoms with Gasteiger partial charge in [-0.05, 0) is 31.9 Å². The van der Waals surface area contributed by atoms with Crippen molar-refractivity contribution in [2.45, 2.75) is 45.2 Å². The lowest BCUT2D eigenvalue weighted by Crippen LogP contribution is -2.18. The monoisotopic (exact) mass is 171 g/mol. The van der Waals surface area contributed by atoms with E-state index in [2.05, 4.69) is 13.1 Å². The van der Waals surface area contributed by atoms with Crippen molar-refractivity contribution in [3.8, 4) is 0 Å². The summed E-state index contributed by atoms with van der Waals surface area (Å²) in [5, 5.41) is 0. The van der Waals surface area contributed by atoms with Crippen LogP contribution in [-0.2, 0) is 4.43 Å². The first-order valence-corrected chi connectivity index (χ1v) is 7.13. The Hall–Kier alpha value is 0.177. The zero-order valence-electron chi connectivity index (χ0n) is 7.73. The summed E-state index contributed by atoms with van der Waals surface area (Å²) in [5.74, 6) is 0.892. The third kappa shape index (κ3) is 3.92. The largest absolute Gasteiger partial charge is 0.417 e. The standard InChI is InChI=1S/C9H19OSi/c1-11(2)10-8-9-6-4-3-5-7-9/h9H,3-8H2,1-2H3. The highest BCUT2D eigenvalue weighted by Crippen LogP contribution is 2.23. The fraction of sp³-hybridized carbons (Fsp3) is 1.00. The lowest BCUT2D eigenvalue weighted by atomic mass is 9.90. The normalized spacial score (nSPS) is 21.0. The Morgan fingerprint density at radius 2 is 1.82 bits per heavy atom. The second-order valence-corrected chi connectivity index (χ2v) is 5.83. The fourth-order valence-corrected chi connectivity index (χ4v) is 2.21. The third-order valence-corrected chi connectivity index (χ3v) is 3.08. The molecule has 1 radical (unpaired) electrons. The van der Waals surface area contributed by atoms with Crippen molar-refractivity contribution in [3.63, 3.8) is 0 Å². The molecule has 0 aromatic carbocycles. The van der Waals surface area contributed by atoms with E-state index in [1.807, 2.05) is 0 Å². The van der Waals surface area contributed by atoms with Crippen LogP contribution in [0.25, 0.3) is 0 Å². The van der Waals surface area contributed by atoms with Gasteiger partial charge in [-0.25, -0.2) is 0 Å². The van der Waals surface area contributed by atoms with Crippen LogP contribution in [0.5, 0.6) is 0 Å². The van der Waals surface area contributed by atoms with E-state index in [9.17, 15) is 0 Å². The van der Waals surface area contributed by atoms with Crippen LogP contribution in [0.15, 0.2) is 0 Å². The lowest BCUT2D eigenvalue weighted by Gasteiger charge is -2.22. The molecule has 0 N–H and O–H groups in total. The predicted molar refractivity (Wildman–Crippen MR) is 50.0 cm³/mol. The molecule has 0 unspecified atom stereocenters. The summed E-state index contributed by atoms with van der Waals surface area (Å²) < 4.78 is 5.68. The van der Waals surface area contributed by atoms with Gasteiger partial charge in [0.1, 0.15) is 0 Å². The van der Waals surface area contributed by atoms with Gasteiger partial charge in [-0.1, -0.05) is 19.3 Å². The summed E-state index contributed by atoms with van der Waals surface area (Å²) in [7, 11) is -0.433. The summed E-state index contributed by atoms with van der Waals surface area (Å²) in [6.45, 7) is 5.47. The Labute approximate surface area is 71.9 Å². The van der Waals surface area contributed by atoms with Gasteiger partial charge in [-0.2, -0.15) is 0 Å². The first-order valence-electron chi connectivity index (χ1n) is 4.72. The van der Waals surface area contributed by atoms with Crippen LogP contribution in [0.2, 0.25) is 13.1 Å². The third-order valence-electron chi connectivity index (χ3n) is 2.33. The van der Waals surface area contributed by atoms with Gasteiger partial charge < -0.3 is 4.43 Å². The van der Waals surface area contributed by atoms with Crippen LogP contribution in [0, 0.1) is 5.92 Å². The van der Waals surface area contributed by atoms with Crippen molar-refractivity contribution in [2.75, 3.05) is 6.61 Å². The molecule has 0 spiro atoms. The molecule has 0 aliphatic heterocycles. The quantitative estimate of drug-likeness (QED) is 0.593. The maximum absolute atomic E-state index is 5.68. The predicted octanol–water partition coefficient (Wildman–Crippen LogP) is 2.83. The van der Waals surface area contributed by atoms with E-state index in [0.717, 1.165) is 12.5 Å². The molecule has 11 heavy (non-hydrogen) atoms. The first kappa shape index (κ1) is 9.27. The molecule has 0 aromatic heterocycles. The van der Waals surface area contributed by atoms with E-state index >= 15 is 0 Å². The van der Waals surface area contributed by atoms with Gasteiger partial charge in [0.25, 0.3) is 0 Å². The van der Waals surface area contributed by atoms with E-state index in [4.69, 9.17) is 4.43 Å². The highest BCUT2D eigenvalue weighted by Gasteiger charge is 2.13. The smallest absolute Gasteiger partial charge is 0.204 e. The summed E-state index contributed by atoms with van der Waals surface area (Å²) in [4.78, 5) is 0. The highest BCUT2D eigenvalue weighted by atomic mass is 28.3. The van der Waals surface area contributed by atoms with Gasteiger partial charge in [-0.3, -0.25) is 0 Å². The molecule has 1 aliphatic carbocycles. The molecular weight excluding hydrogens is 152 g/mol. The number of hydrogen-bond donors (Lipinski definition) is 0. The van der Waals surface area contributed by atoms with Gasteiger partial charge in [0, 0.05) is 6.61 Å². The summed E-state index contributed by atoms with van der Waals surface area (Å²) in [6.07, 6.45) is 7.14. The Bertz CT molecular complexity index is 97.7. The minimum atomic E-state index is -0.433. The Morgan fingerprint density at radius 1 is 1.18 bits per heavy atom.